The van der Waals surface area contributed by atoms with Crippen LogP contribution in [-0.2, 0) is 16.1 Å². The summed E-state index contributed by atoms with van der Waals surface area (Å²) in [5, 5.41) is 9.93. The Morgan fingerprint density at radius 1 is 1.24 bits per heavy atom. The topological polar surface area (TPSA) is 57.6 Å². The first kappa shape index (κ1) is 16.1. The van der Waals surface area contributed by atoms with Crippen molar-refractivity contribution in [3.63, 3.8) is 0 Å². The molecule has 1 aliphatic rings. The number of nitrogens with zero attached hydrogens (tertiary/aromatic N) is 1. The fourth-order valence-corrected chi connectivity index (χ4v) is 3.05. The highest BCUT2D eigenvalue weighted by Gasteiger charge is 2.35. The van der Waals surface area contributed by atoms with Crippen molar-refractivity contribution in [2.75, 3.05) is 7.05 Å². The van der Waals surface area contributed by atoms with Crippen molar-refractivity contribution in [1.29, 1.82) is 0 Å². The van der Waals surface area contributed by atoms with Gasteiger partial charge in [-0.1, -0.05) is 29.3 Å². The third-order valence-corrected chi connectivity index (χ3v) is 4.65. The smallest absolute Gasteiger partial charge is 0.306 e. The first-order chi connectivity index (χ1) is 9.88. The molecule has 2 atom stereocenters. The van der Waals surface area contributed by atoms with E-state index in [4.69, 9.17) is 28.3 Å². The summed E-state index contributed by atoms with van der Waals surface area (Å²) in [5.74, 6) is -1.40. The van der Waals surface area contributed by atoms with Crippen molar-refractivity contribution >= 4 is 35.1 Å². The zero-order chi connectivity index (χ0) is 15.6. The standard InChI is InChI=1S/C15H17Cl2NO3/c1-18(8-9-2-5-12(16)13(17)6-9)14(19)10-3-4-11(7-10)15(20)21/h2,5-6,10-11H,3-4,7-8H2,1H3,(H,20,21)/t10-,11+/m1/s1. The number of aliphatic carboxylic acids is 1. The third-order valence-electron chi connectivity index (χ3n) is 3.91. The number of carbonyl (C=O) groups excluding carboxylic acids is 1. The lowest BCUT2D eigenvalue weighted by atomic mass is 10.0. The van der Waals surface area contributed by atoms with Gasteiger partial charge < -0.3 is 10.0 Å². The lowest BCUT2D eigenvalue weighted by Gasteiger charge is -2.21. The Hall–Kier alpha value is -1.26. The van der Waals surface area contributed by atoms with Gasteiger partial charge in [0.1, 0.15) is 0 Å². The largest absolute Gasteiger partial charge is 0.481 e. The molecule has 4 nitrogen and oxygen atoms in total. The fraction of sp³-hybridized carbons (Fsp3) is 0.467. The van der Waals surface area contributed by atoms with E-state index in [0.29, 0.717) is 35.9 Å². The summed E-state index contributed by atoms with van der Waals surface area (Å²) in [5.41, 5.74) is 0.896. The summed E-state index contributed by atoms with van der Waals surface area (Å²) in [7, 11) is 1.72. The lowest BCUT2D eigenvalue weighted by molar-refractivity contribution is -0.141. The number of hydrogen-bond acceptors (Lipinski definition) is 2. The van der Waals surface area contributed by atoms with E-state index >= 15 is 0 Å². The molecule has 21 heavy (non-hydrogen) atoms. The number of hydrogen-bond donors (Lipinski definition) is 1. The molecule has 0 saturated heterocycles. The van der Waals surface area contributed by atoms with Crippen molar-refractivity contribution in [2.45, 2.75) is 25.8 Å². The summed E-state index contributed by atoms with van der Waals surface area (Å²) in [6.45, 7) is 0.434. The third kappa shape index (κ3) is 3.89. The molecule has 0 spiro atoms. The number of benzene rings is 1. The molecule has 1 amide bonds. The molecular weight excluding hydrogens is 313 g/mol. The predicted molar refractivity (Wildman–Crippen MR) is 81.4 cm³/mol. The molecule has 1 aromatic rings. The molecule has 0 aromatic heterocycles. The van der Waals surface area contributed by atoms with E-state index in [9.17, 15) is 9.59 Å². The van der Waals surface area contributed by atoms with Gasteiger partial charge in [0.15, 0.2) is 0 Å². The summed E-state index contributed by atoms with van der Waals surface area (Å²) in [4.78, 5) is 24.9. The predicted octanol–water partition coefficient (Wildman–Crippen LogP) is 3.45. The normalized spacial score (nSPS) is 21.3. The highest BCUT2D eigenvalue weighted by Crippen LogP contribution is 2.32. The molecule has 2 rings (SSSR count). The Balaban J connectivity index is 1.96. The second-order valence-electron chi connectivity index (χ2n) is 5.49. The highest BCUT2D eigenvalue weighted by molar-refractivity contribution is 6.42. The number of rotatable bonds is 4. The number of amides is 1. The van der Waals surface area contributed by atoms with Crippen LogP contribution in [0.15, 0.2) is 18.2 Å². The summed E-state index contributed by atoms with van der Waals surface area (Å²) >= 11 is 11.8. The van der Waals surface area contributed by atoms with Crippen LogP contribution in [0.1, 0.15) is 24.8 Å². The maximum absolute atomic E-state index is 12.3. The van der Waals surface area contributed by atoms with E-state index in [1.807, 2.05) is 6.07 Å². The van der Waals surface area contributed by atoms with Crippen LogP contribution in [0.2, 0.25) is 10.0 Å². The fourth-order valence-electron chi connectivity index (χ4n) is 2.73. The molecule has 0 heterocycles. The van der Waals surface area contributed by atoms with Gasteiger partial charge in [-0.05, 0) is 37.0 Å². The van der Waals surface area contributed by atoms with Crippen molar-refractivity contribution in [1.82, 2.24) is 4.90 Å². The van der Waals surface area contributed by atoms with E-state index in [1.165, 1.54) is 0 Å². The van der Waals surface area contributed by atoms with Gasteiger partial charge in [-0.3, -0.25) is 9.59 Å². The summed E-state index contributed by atoms with van der Waals surface area (Å²) < 4.78 is 0. The minimum atomic E-state index is -0.808. The molecule has 114 valence electrons. The lowest BCUT2D eigenvalue weighted by Crippen LogP contribution is -2.31. The number of carboxylic acids is 1. The Morgan fingerprint density at radius 2 is 1.90 bits per heavy atom. The Kier molecular flexibility index (Phi) is 5.12. The molecule has 1 aliphatic carbocycles. The zero-order valence-corrected chi connectivity index (χ0v) is 13.2. The van der Waals surface area contributed by atoms with Crippen LogP contribution in [0.4, 0.5) is 0 Å². The van der Waals surface area contributed by atoms with Crippen LogP contribution in [0.3, 0.4) is 0 Å². The summed E-state index contributed by atoms with van der Waals surface area (Å²) in [6.07, 6.45) is 1.65. The van der Waals surface area contributed by atoms with Gasteiger partial charge in [-0.25, -0.2) is 0 Å². The van der Waals surface area contributed by atoms with Gasteiger partial charge in [-0.15, -0.1) is 0 Å². The maximum Gasteiger partial charge on any atom is 0.306 e. The van der Waals surface area contributed by atoms with Gasteiger partial charge in [0.2, 0.25) is 5.91 Å². The van der Waals surface area contributed by atoms with E-state index < -0.39 is 11.9 Å². The molecule has 1 N–H and O–H groups in total. The summed E-state index contributed by atoms with van der Waals surface area (Å²) in [6, 6.07) is 5.27. The van der Waals surface area contributed by atoms with Crippen LogP contribution >= 0.6 is 23.2 Å². The minimum absolute atomic E-state index is 0.00942. The number of carboxylic acid groups (broad SMARTS) is 1. The van der Waals surface area contributed by atoms with Gasteiger partial charge >= 0.3 is 5.97 Å². The Bertz CT molecular complexity index is 562. The van der Waals surface area contributed by atoms with Crippen molar-refractivity contribution in [3.8, 4) is 0 Å². The van der Waals surface area contributed by atoms with Crippen molar-refractivity contribution in [3.05, 3.63) is 33.8 Å². The molecule has 0 unspecified atom stereocenters. The minimum Gasteiger partial charge on any atom is -0.481 e. The van der Waals surface area contributed by atoms with Crippen molar-refractivity contribution < 1.29 is 14.7 Å². The molecule has 1 saturated carbocycles. The Morgan fingerprint density at radius 3 is 2.48 bits per heavy atom. The van der Waals surface area contributed by atoms with Crippen molar-refractivity contribution in [2.24, 2.45) is 11.8 Å². The van der Waals surface area contributed by atoms with Gasteiger partial charge in [0, 0.05) is 19.5 Å². The molecule has 1 fully saturated rings. The van der Waals surface area contributed by atoms with Crippen LogP contribution in [-0.4, -0.2) is 28.9 Å². The number of carbonyl (C=O) groups is 2. The molecule has 0 aliphatic heterocycles. The molecule has 6 heteroatoms. The molecular formula is C15H17Cl2NO3. The first-order valence-electron chi connectivity index (χ1n) is 6.80. The number of halogens is 2. The maximum atomic E-state index is 12.3. The SMILES string of the molecule is CN(Cc1ccc(Cl)c(Cl)c1)C(=O)[C@@H]1CC[C@H](C(=O)O)C1. The highest BCUT2D eigenvalue weighted by atomic mass is 35.5. The van der Waals surface area contributed by atoms with E-state index in [-0.39, 0.29) is 11.8 Å². The average Bonchev–Trinajstić information content (AvgIpc) is 2.92. The average molecular weight is 330 g/mol. The second-order valence-corrected chi connectivity index (χ2v) is 6.30. The van der Waals surface area contributed by atoms with E-state index in [1.54, 1.807) is 24.1 Å². The van der Waals surface area contributed by atoms with Crippen LogP contribution < -0.4 is 0 Å². The monoisotopic (exact) mass is 329 g/mol. The molecule has 0 radical (unpaired) electrons. The van der Waals surface area contributed by atoms with Gasteiger partial charge in [-0.2, -0.15) is 0 Å². The van der Waals surface area contributed by atoms with E-state index in [2.05, 4.69) is 0 Å². The Labute approximate surface area is 133 Å². The van der Waals surface area contributed by atoms with Crippen LogP contribution in [0.25, 0.3) is 0 Å². The van der Waals surface area contributed by atoms with E-state index in [0.717, 1.165) is 5.56 Å². The second kappa shape index (κ2) is 6.67. The zero-order valence-electron chi connectivity index (χ0n) is 11.7. The van der Waals surface area contributed by atoms with Crippen LogP contribution in [0.5, 0.6) is 0 Å². The van der Waals surface area contributed by atoms with Crippen LogP contribution in [0, 0.1) is 11.8 Å². The van der Waals surface area contributed by atoms with Gasteiger partial charge in [0.05, 0.1) is 16.0 Å². The molecule has 0 bridgehead atoms. The quantitative estimate of drug-likeness (QED) is 0.920. The molecule has 1 aromatic carbocycles. The first-order valence-corrected chi connectivity index (χ1v) is 7.55. The van der Waals surface area contributed by atoms with Gasteiger partial charge in [0.25, 0.3) is 0 Å².